The van der Waals surface area contributed by atoms with E-state index in [1.54, 1.807) is 23.7 Å². The normalized spacial score (nSPS) is 12.0. The highest BCUT2D eigenvalue weighted by Gasteiger charge is 2.23. The van der Waals surface area contributed by atoms with Crippen LogP contribution in [0.2, 0.25) is 15.2 Å². The zero-order valence-corrected chi connectivity index (χ0v) is 17.1. The molecule has 0 saturated heterocycles. The minimum absolute atomic E-state index is 0.270. The van der Waals surface area contributed by atoms with Gasteiger partial charge in [-0.05, 0) is 37.1 Å². The molecule has 140 valence electrons. The number of aryl methyl sites for hydroxylation is 1. The minimum atomic E-state index is -0.296. The van der Waals surface area contributed by atoms with E-state index in [4.69, 9.17) is 34.8 Å². The van der Waals surface area contributed by atoms with Gasteiger partial charge < -0.3 is 5.32 Å². The molecule has 7 heteroatoms. The fraction of sp³-hybridized carbons (Fsp3) is 0.200. The van der Waals surface area contributed by atoms with Crippen LogP contribution >= 0.6 is 34.8 Å². The molecule has 1 N–H and O–H groups in total. The van der Waals surface area contributed by atoms with Gasteiger partial charge in [0.2, 0.25) is 0 Å². The number of carbonyl (C=O) groups excluding carboxylic acids is 1. The zero-order chi connectivity index (χ0) is 19.6. The third kappa shape index (κ3) is 4.29. The SMILES string of the molecule is Cc1nn(Cc2ccccc2Cl)c(Cl)c1C(=O)NC(C)c1ccccc1Cl. The lowest BCUT2D eigenvalue weighted by Gasteiger charge is -2.15. The molecule has 0 spiro atoms. The summed E-state index contributed by atoms with van der Waals surface area (Å²) in [6, 6.07) is 14.6. The molecular formula is C20H18Cl3N3O. The summed E-state index contributed by atoms with van der Waals surface area (Å²) in [6.07, 6.45) is 0. The van der Waals surface area contributed by atoms with Gasteiger partial charge in [-0.15, -0.1) is 0 Å². The molecule has 1 amide bonds. The Balaban J connectivity index is 1.83. The van der Waals surface area contributed by atoms with Crippen molar-refractivity contribution in [1.82, 2.24) is 15.1 Å². The van der Waals surface area contributed by atoms with Crippen LogP contribution in [0.1, 0.15) is 40.1 Å². The van der Waals surface area contributed by atoms with Crippen molar-refractivity contribution in [3.63, 3.8) is 0 Å². The maximum absolute atomic E-state index is 12.8. The lowest BCUT2D eigenvalue weighted by molar-refractivity contribution is 0.0939. The van der Waals surface area contributed by atoms with Crippen molar-refractivity contribution >= 4 is 40.7 Å². The standard InChI is InChI=1S/C20H18Cl3N3O/c1-12(15-8-4-6-10-17(15)22)24-20(27)18-13(2)25-26(19(18)23)11-14-7-3-5-9-16(14)21/h3-10,12H,11H2,1-2H3,(H,24,27). The quantitative estimate of drug-likeness (QED) is 0.574. The van der Waals surface area contributed by atoms with E-state index in [2.05, 4.69) is 10.4 Å². The van der Waals surface area contributed by atoms with Crippen molar-refractivity contribution < 1.29 is 4.79 Å². The predicted molar refractivity (Wildman–Crippen MR) is 110 cm³/mol. The molecule has 2 aromatic carbocycles. The van der Waals surface area contributed by atoms with Gasteiger partial charge in [0.25, 0.3) is 5.91 Å². The molecule has 1 aromatic heterocycles. The molecule has 27 heavy (non-hydrogen) atoms. The van der Waals surface area contributed by atoms with Gasteiger partial charge in [0.1, 0.15) is 5.15 Å². The molecule has 3 rings (SSSR count). The van der Waals surface area contributed by atoms with E-state index in [9.17, 15) is 4.79 Å². The number of hydrogen-bond donors (Lipinski definition) is 1. The van der Waals surface area contributed by atoms with E-state index in [0.29, 0.717) is 27.8 Å². The zero-order valence-electron chi connectivity index (χ0n) is 14.8. The molecule has 0 aliphatic rings. The number of carbonyl (C=O) groups is 1. The van der Waals surface area contributed by atoms with E-state index in [1.165, 1.54) is 0 Å². The van der Waals surface area contributed by atoms with Crippen molar-refractivity contribution in [1.29, 1.82) is 0 Å². The molecule has 1 unspecified atom stereocenters. The van der Waals surface area contributed by atoms with Crippen molar-refractivity contribution in [2.45, 2.75) is 26.4 Å². The molecule has 3 aromatic rings. The summed E-state index contributed by atoms with van der Waals surface area (Å²) >= 11 is 18.9. The number of halogens is 3. The second-order valence-corrected chi connectivity index (χ2v) is 7.39. The van der Waals surface area contributed by atoms with Crippen LogP contribution in [0.15, 0.2) is 48.5 Å². The Kier molecular flexibility index (Phi) is 6.10. The Hall–Kier alpha value is -2.01. The van der Waals surface area contributed by atoms with Crippen LogP contribution in [0.5, 0.6) is 0 Å². The second kappa shape index (κ2) is 8.34. The molecule has 1 atom stereocenters. The van der Waals surface area contributed by atoms with Gasteiger partial charge in [0.05, 0.1) is 23.8 Å². The lowest BCUT2D eigenvalue weighted by Crippen LogP contribution is -2.27. The molecule has 0 fully saturated rings. The number of hydrogen-bond acceptors (Lipinski definition) is 2. The summed E-state index contributed by atoms with van der Waals surface area (Å²) in [5.41, 5.74) is 2.61. The maximum atomic E-state index is 12.8. The Labute approximate surface area is 173 Å². The van der Waals surface area contributed by atoms with E-state index in [-0.39, 0.29) is 17.1 Å². The smallest absolute Gasteiger partial charge is 0.256 e. The summed E-state index contributed by atoms with van der Waals surface area (Å²) in [4.78, 5) is 12.8. The minimum Gasteiger partial charge on any atom is -0.345 e. The van der Waals surface area contributed by atoms with Gasteiger partial charge in [-0.2, -0.15) is 5.10 Å². The largest absolute Gasteiger partial charge is 0.345 e. The average molecular weight is 423 g/mol. The van der Waals surface area contributed by atoms with E-state index in [0.717, 1.165) is 11.1 Å². The highest BCUT2D eigenvalue weighted by molar-refractivity contribution is 6.33. The first-order valence-electron chi connectivity index (χ1n) is 8.40. The fourth-order valence-corrected chi connectivity index (χ4v) is 3.69. The summed E-state index contributed by atoms with van der Waals surface area (Å²) in [6.45, 7) is 4.01. The lowest BCUT2D eigenvalue weighted by atomic mass is 10.1. The highest BCUT2D eigenvalue weighted by Crippen LogP contribution is 2.26. The third-order valence-corrected chi connectivity index (χ3v) is 5.39. The topological polar surface area (TPSA) is 46.9 Å². The van der Waals surface area contributed by atoms with Crippen molar-refractivity contribution in [2.75, 3.05) is 0 Å². The van der Waals surface area contributed by atoms with Crippen molar-refractivity contribution in [3.05, 3.63) is 86.1 Å². The monoisotopic (exact) mass is 421 g/mol. The van der Waals surface area contributed by atoms with Gasteiger partial charge >= 0.3 is 0 Å². The van der Waals surface area contributed by atoms with Crippen molar-refractivity contribution in [3.8, 4) is 0 Å². The van der Waals surface area contributed by atoms with Crippen LogP contribution in [0.25, 0.3) is 0 Å². The molecular weight excluding hydrogens is 405 g/mol. The van der Waals surface area contributed by atoms with Gasteiger partial charge in [0, 0.05) is 10.0 Å². The fourth-order valence-electron chi connectivity index (χ4n) is 2.88. The number of aromatic nitrogens is 2. The third-order valence-electron chi connectivity index (χ3n) is 4.29. The van der Waals surface area contributed by atoms with Crippen molar-refractivity contribution in [2.24, 2.45) is 0 Å². The molecule has 0 radical (unpaired) electrons. The first-order valence-corrected chi connectivity index (χ1v) is 9.53. The first kappa shape index (κ1) is 19.7. The Morgan fingerprint density at radius 1 is 1.07 bits per heavy atom. The summed E-state index contributed by atoms with van der Waals surface area (Å²) in [7, 11) is 0. The van der Waals surface area contributed by atoms with Gasteiger partial charge in [-0.25, -0.2) is 4.68 Å². The maximum Gasteiger partial charge on any atom is 0.256 e. The summed E-state index contributed by atoms with van der Waals surface area (Å²) < 4.78 is 1.58. The van der Waals surface area contributed by atoms with Gasteiger partial charge in [0.15, 0.2) is 0 Å². The van der Waals surface area contributed by atoms with Gasteiger partial charge in [-0.3, -0.25) is 4.79 Å². The molecule has 0 aliphatic heterocycles. The molecule has 0 bridgehead atoms. The Morgan fingerprint density at radius 3 is 2.37 bits per heavy atom. The summed E-state index contributed by atoms with van der Waals surface area (Å²) in [5.74, 6) is -0.296. The average Bonchev–Trinajstić information content (AvgIpc) is 2.90. The molecule has 4 nitrogen and oxygen atoms in total. The van der Waals surface area contributed by atoms with E-state index >= 15 is 0 Å². The number of nitrogens with one attached hydrogen (secondary N) is 1. The van der Waals surface area contributed by atoms with Crippen LogP contribution < -0.4 is 5.32 Å². The van der Waals surface area contributed by atoms with Crippen LogP contribution in [0, 0.1) is 6.92 Å². The van der Waals surface area contributed by atoms with E-state index in [1.807, 2.05) is 43.3 Å². The number of nitrogens with zero attached hydrogens (tertiary/aromatic N) is 2. The second-order valence-electron chi connectivity index (χ2n) is 6.22. The van der Waals surface area contributed by atoms with Crippen LogP contribution in [0.3, 0.4) is 0 Å². The Morgan fingerprint density at radius 2 is 1.70 bits per heavy atom. The van der Waals surface area contributed by atoms with Crippen LogP contribution in [-0.2, 0) is 6.54 Å². The van der Waals surface area contributed by atoms with Crippen LogP contribution in [-0.4, -0.2) is 15.7 Å². The first-order chi connectivity index (χ1) is 12.9. The summed E-state index contributed by atoms with van der Waals surface area (Å²) in [5, 5.41) is 8.84. The molecule has 1 heterocycles. The highest BCUT2D eigenvalue weighted by atomic mass is 35.5. The van der Waals surface area contributed by atoms with Gasteiger partial charge in [-0.1, -0.05) is 71.2 Å². The Bertz CT molecular complexity index is 984. The molecule has 0 aliphatic carbocycles. The van der Waals surface area contributed by atoms with E-state index < -0.39 is 0 Å². The number of amides is 1. The van der Waals surface area contributed by atoms with Crippen LogP contribution in [0.4, 0.5) is 0 Å². The molecule has 0 saturated carbocycles. The predicted octanol–water partition coefficient (Wildman–Crippen LogP) is 5.69. The number of benzene rings is 2. The number of rotatable bonds is 5.